The molecular weight excluding hydrogens is 246 g/mol. The average Bonchev–Trinajstić information content (AvgIpc) is 2.84. The molecule has 0 saturated heterocycles. The van der Waals surface area contributed by atoms with Crippen LogP contribution in [-0.4, -0.2) is 32.6 Å². The molecule has 0 spiro atoms. The normalized spacial score (nSPS) is 32.6. The van der Waals surface area contributed by atoms with Gasteiger partial charge in [0.25, 0.3) is 0 Å². The fraction of sp³-hybridized carbons (Fsp3) is 0.667. The number of rotatable bonds is 4. The second kappa shape index (κ2) is 5.77. The van der Waals surface area contributed by atoms with Gasteiger partial charge in [0, 0.05) is 6.54 Å². The molecule has 0 radical (unpaired) electrons. The highest BCUT2D eigenvalue weighted by Crippen LogP contribution is 2.52. The maximum Gasteiger partial charge on any atom is 0.119 e. The number of methoxy groups -OCH3 is 1. The van der Waals surface area contributed by atoms with Crippen LogP contribution in [0, 0.1) is 17.8 Å². The second-order valence-electron chi connectivity index (χ2n) is 6.98. The zero-order valence-electron chi connectivity index (χ0n) is 13.0. The van der Waals surface area contributed by atoms with Crippen molar-refractivity contribution in [3.05, 3.63) is 29.8 Å². The molecule has 2 bridgehead atoms. The quantitative estimate of drug-likeness (QED) is 0.828. The molecule has 2 heteroatoms. The minimum atomic E-state index is 0.721. The van der Waals surface area contributed by atoms with Crippen LogP contribution in [0.15, 0.2) is 24.3 Å². The maximum atomic E-state index is 5.42. The highest BCUT2D eigenvalue weighted by atomic mass is 16.5. The van der Waals surface area contributed by atoms with Crippen molar-refractivity contribution >= 4 is 0 Å². The lowest BCUT2D eigenvalue weighted by Gasteiger charge is -2.38. The summed E-state index contributed by atoms with van der Waals surface area (Å²) in [5, 5.41) is 0. The first-order valence-corrected chi connectivity index (χ1v) is 7.96. The van der Waals surface area contributed by atoms with Crippen molar-refractivity contribution in [2.24, 2.45) is 17.8 Å². The number of hydrogen-bond acceptors (Lipinski definition) is 2. The van der Waals surface area contributed by atoms with Crippen LogP contribution in [0.2, 0.25) is 0 Å². The van der Waals surface area contributed by atoms with E-state index in [9.17, 15) is 0 Å². The third-order valence-electron chi connectivity index (χ3n) is 5.39. The first kappa shape index (κ1) is 13.9. The summed E-state index contributed by atoms with van der Waals surface area (Å²) >= 11 is 0. The van der Waals surface area contributed by atoms with E-state index in [1.165, 1.54) is 37.8 Å². The Labute approximate surface area is 123 Å². The van der Waals surface area contributed by atoms with Crippen LogP contribution >= 0.6 is 0 Å². The van der Waals surface area contributed by atoms with E-state index in [-0.39, 0.29) is 0 Å². The Morgan fingerprint density at radius 2 is 2.05 bits per heavy atom. The molecule has 3 unspecified atom stereocenters. The second-order valence-corrected chi connectivity index (χ2v) is 6.98. The molecule has 20 heavy (non-hydrogen) atoms. The van der Waals surface area contributed by atoms with E-state index in [1.54, 1.807) is 7.11 Å². The third-order valence-corrected chi connectivity index (χ3v) is 5.39. The predicted molar refractivity (Wildman–Crippen MR) is 83.2 cm³/mol. The fourth-order valence-corrected chi connectivity index (χ4v) is 4.53. The Kier molecular flexibility index (Phi) is 4.02. The van der Waals surface area contributed by atoms with Gasteiger partial charge >= 0.3 is 0 Å². The molecule has 2 fully saturated rings. The number of nitrogens with zero attached hydrogens (tertiary/aromatic N) is 1. The number of hydrogen-bond donors (Lipinski definition) is 0. The Balaban J connectivity index is 1.87. The monoisotopic (exact) mass is 273 g/mol. The molecule has 110 valence electrons. The molecule has 2 aliphatic rings. The van der Waals surface area contributed by atoms with E-state index in [0.717, 1.165) is 29.4 Å². The van der Waals surface area contributed by atoms with E-state index in [2.05, 4.69) is 43.3 Å². The van der Waals surface area contributed by atoms with Gasteiger partial charge in [-0.15, -0.1) is 0 Å². The van der Waals surface area contributed by atoms with Crippen molar-refractivity contribution in [2.75, 3.05) is 27.7 Å². The standard InChI is InChI=1S/C18H27NO/c1-19(2)12-18-15-8-7-13(9-15)10-17(18)14-5-4-6-16(11-14)20-3/h4-6,11,13,15,17-18H,7-10,12H2,1-3H3/t13?,15-,17?,18?/m0/s1. The van der Waals surface area contributed by atoms with E-state index in [1.807, 2.05) is 0 Å². The summed E-state index contributed by atoms with van der Waals surface area (Å²) in [6, 6.07) is 8.78. The maximum absolute atomic E-state index is 5.42. The summed E-state index contributed by atoms with van der Waals surface area (Å²) in [7, 11) is 6.19. The molecule has 2 nitrogen and oxygen atoms in total. The van der Waals surface area contributed by atoms with Crippen molar-refractivity contribution in [1.29, 1.82) is 0 Å². The Morgan fingerprint density at radius 1 is 1.20 bits per heavy atom. The summed E-state index contributed by atoms with van der Waals surface area (Å²) in [4.78, 5) is 2.37. The largest absolute Gasteiger partial charge is 0.497 e. The Bertz CT molecular complexity index is 456. The van der Waals surface area contributed by atoms with Crippen molar-refractivity contribution in [1.82, 2.24) is 4.90 Å². The van der Waals surface area contributed by atoms with Crippen LogP contribution < -0.4 is 4.74 Å². The van der Waals surface area contributed by atoms with Crippen LogP contribution in [0.1, 0.15) is 37.2 Å². The smallest absolute Gasteiger partial charge is 0.119 e. The zero-order valence-corrected chi connectivity index (χ0v) is 13.0. The lowest BCUT2D eigenvalue weighted by Crippen LogP contribution is -2.34. The predicted octanol–water partition coefficient (Wildman–Crippen LogP) is 3.78. The summed E-state index contributed by atoms with van der Waals surface area (Å²) in [6.45, 7) is 1.22. The van der Waals surface area contributed by atoms with Gasteiger partial charge in [0.2, 0.25) is 0 Å². The molecule has 3 rings (SSSR count). The first-order valence-electron chi connectivity index (χ1n) is 7.96. The lowest BCUT2D eigenvalue weighted by molar-refractivity contribution is 0.165. The molecule has 0 heterocycles. The van der Waals surface area contributed by atoms with Crippen LogP contribution in [-0.2, 0) is 0 Å². The molecule has 2 aliphatic carbocycles. The lowest BCUT2D eigenvalue weighted by atomic mass is 9.69. The van der Waals surface area contributed by atoms with Crippen LogP contribution in [0.4, 0.5) is 0 Å². The number of ether oxygens (including phenoxy) is 1. The summed E-state index contributed by atoms with van der Waals surface area (Å²) in [5.41, 5.74) is 1.49. The van der Waals surface area contributed by atoms with Crippen molar-refractivity contribution in [3.8, 4) is 5.75 Å². The van der Waals surface area contributed by atoms with E-state index in [0.29, 0.717) is 0 Å². The minimum absolute atomic E-state index is 0.721. The van der Waals surface area contributed by atoms with Gasteiger partial charge in [-0.1, -0.05) is 18.6 Å². The summed E-state index contributed by atoms with van der Waals surface area (Å²) in [5.74, 6) is 4.44. The van der Waals surface area contributed by atoms with Crippen LogP contribution in [0.5, 0.6) is 5.75 Å². The van der Waals surface area contributed by atoms with Gasteiger partial charge in [-0.05, 0) is 74.7 Å². The van der Waals surface area contributed by atoms with Gasteiger partial charge in [0.05, 0.1) is 7.11 Å². The molecule has 4 atom stereocenters. The SMILES string of the molecule is COc1cccc(C2CC3CC[C@@H](C3)C2CN(C)C)c1. The molecule has 2 saturated carbocycles. The highest BCUT2D eigenvalue weighted by molar-refractivity contribution is 5.32. The van der Waals surface area contributed by atoms with Crippen molar-refractivity contribution in [3.63, 3.8) is 0 Å². The molecule has 0 aromatic heterocycles. The van der Waals surface area contributed by atoms with Gasteiger partial charge < -0.3 is 9.64 Å². The van der Waals surface area contributed by atoms with E-state index < -0.39 is 0 Å². The third kappa shape index (κ3) is 2.71. The van der Waals surface area contributed by atoms with Crippen molar-refractivity contribution in [2.45, 2.75) is 31.6 Å². The topological polar surface area (TPSA) is 12.5 Å². The summed E-state index contributed by atoms with van der Waals surface area (Å²) in [6.07, 6.45) is 5.75. The summed E-state index contributed by atoms with van der Waals surface area (Å²) < 4.78 is 5.42. The fourth-order valence-electron chi connectivity index (χ4n) is 4.53. The van der Waals surface area contributed by atoms with Gasteiger partial charge in [-0.25, -0.2) is 0 Å². The van der Waals surface area contributed by atoms with Gasteiger partial charge in [-0.3, -0.25) is 0 Å². The zero-order chi connectivity index (χ0) is 14.1. The van der Waals surface area contributed by atoms with E-state index in [4.69, 9.17) is 4.74 Å². The number of fused-ring (bicyclic) bond motifs is 2. The highest BCUT2D eigenvalue weighted by Gasteiger charge is 2.42. The Morgan fingerprint density at radius 3 is 2.80 bits per heavy atom. The van der Waals surface area contributed by atoms with Gasteiger partial charge in [0.1, 0.15) is 5.75 Å². The van der Waals surface area contributed by atoms with Crippen molar-refractivity contribution < 1.29 is 4.74 Å². The molecule has 0 N–H and O–H groups in total. The molecule has 1 aromatic rings. The minimum Gasteiger partial charge on any atom is -0.497 e. The van der Waals surface area contributed by atoms with Gasteiger partial charge in [0.15, 0.2) is 0 Å². The van der Waals surface area contributed by atoms with Crippen LogP contribution in [0.3, 0.4) is 0 Å². The molecule has 1 aromatic carbocycles. The van der Waals surface area contributed by atoms with E-state index >= 15 is 0 Å². The first-order chi connectivity index (χ1) is 9.67. The number of benzene rings is 1. The molecule has 0 aliphatic heterocycles. The molecule has 0 amide bonds. The Hall–Kier alpha value is -1.02. The van der Waals surface area contributed by atoms with Crippen LogP contribution in [0.25, 0.3) is 0 Å². The van der Waals surface area contributed by atoms with Gasteiger partial charge in [-0.2, -0.15) is 0 Å². The average molecular weight is 273 g/mol. The molecular formula is C18H27NO.